The first-order chi connectivity index (χ1) is 18.3. The summed E-state index contributed by atoms with van der Waals surface area (Å²) < 4.78 is 12.9. The number of rotatable bonds is 6. The lowest BCUT2D eigenvalue weighted by Crippen LogP contribution is -2.39. The van der Waals surface area contributed by atoms with Crippen LogP contribution < -0.4 is 14.9 Å². The van der Waals surface area contributed by atoms with Crippen LogP contribution in [0.15, 0.2) is 86.1 Å². The number of para-hydroxylation sites is 1. The molecule has 0 fully saturated rings. The standard InChI is InChI=1S/C27H20ClN3O6S/c1-3-36-26(33)23-15(2)29-27-30(24(23)16-8-10-17(28)11-9-16)25(32)22(38-27)14-18-12-13-21(37-18)19-6-4-5-7-20(19)31(34)35/h4-14,24H,3H2,1-2H3/b22-14-. The van der Waals surface area contributed by atoms with Gasteiger partial charge in [-0.25, -0.2) is 9.79 Å². The highest BCUT2D eigenvalue weighted by Gasteiger charge is 2.33. The van der Waals surface area contributed by atoms with E-state index in [1.807, 2.05) is 0 Å². The Kier molecular flexibility index (Phi) is 6.83. The Hall–Kier alpha value is -4.28. The maximum atomic E-state index is 13.7. The first-order valence-electron chi connectivity index (χ1n) is 11.6. The van der Waals surface area contributed by atoms with E-state index < -0.39 is 16.9 Å². The van der Waals surface area contributed by atoms with Crippen LogP contribution >= 0.6 is 22.9 Å². The van der Waals surface area contributed by atoms with Crippen molar-refractivity contribution >= 4 is 40.7 Å². The Bertz CT molecular complexity index is 1780. The number of carbonyl (C=O) groups excluding carboxylic acids is 1. The van der Waals surface area contributed by atoms with Crippen LogP contribution in [0, 0.1) is 10.1 Å². The monoisotopic (exact) mass is 549 g/mol. The first-order valence-corrected chi connectivity index (χ1v) is 12.8. The normalized spacial score (nSPS) is 15.2. The highest BCUT2D eigenvalue weighted by molar-refractivity contribution is 7.07. The van der Waals surface area contributed by atoms with Crippen molar-refractivity contribution in [2.24, 2.45) is 4.99 Å². The maximum absolute atomic E-state index is 13.7. The molecule has 1 aliphatic rings. The van der Waals surface area contributed by atoms with Crippen molar-refractivity contribution in [3.05, 3.63) is 118 Å². The number of nitro benzene ring substituents is 1. The summed E-state index contributed by atoms with van der Waals surface area (Å²) in [6, 6.07) is 15.6. The van der Waals surface area contributed by atoms with Gasteiger partial charge in [-0.15, -0.1) is 0 Å². The third-order valence-corrected chi connectivity index (χ3v) is 7.20. The van der Waals surface area contributed by atoms with Crippen molar-refractivity contribution < 1.29 is 18.9 Å². The third-order valence-electron chi connectivity index (χ3n) is 5.97. The van der Waals surface area contributed by atoms with Gasteiger partial charge in [-0.2, -0.15) is 0 Å². The highest BCUT2D eigenvalue weighted by Crippen LogP contribution is 2.32. The second-order valence-corrected chi connectivity index (χ2v) is 9.78. The van der Waals surface area contributed by atoms with Crippen LogP contribution in [-0.4, -0.2) is 22.1 Å². The van der Waals surface area contributed by atoms with Gasteiger partial charge in [0.25, 0.3) is 11.2 Å². The number of hydrogen-bond acceptors (Lipinski definition) is 8. The van der Waals surface area contributed by atoms with Crippen LogP contribution in [0.5, 0.6) is 0 Å². The van der Waals surface area contributed by atoms with Crippen LogP contribution in [0.25, 0.3) is 17.4 Å². The Balaban J connectivity index is 1.64. The number of fused-ring (bicyclic) bond motifs is 1. The number of carbonyl (C=O) groups is 1. The number of benzene rings is 2. The molecule has 3 heterocycles. The van der Waals surface area contributed by atoms with E-state index in [4.69, 9.17) is 20.8 Å². The molecule has 1 unspecified atom stereocenters. The average molecular weight is 550 g/mol. The Morgan fingerprint density at radius 3 is 2.66 bits per heavy atom. The second kappa shape index (κ2) is 10.2. The van der Waals surface area contributed by atoms with Gasteiger partial charge in [0, 0.05) is 17.2 Å². The Morgan fingerprint density at radius 2 is 1.95 bits per heavy atom. The van der Waals surface area contributed by atoms with Crippen molar-refractivity contribution in [3.8, 4) is 11.3 Å². The molecule has 4 aromatic rings. The molecule has 0 aliphatic carbocycles. The smallest absolute Gasteiger partial charge is 0.338 e. The zero-order valence-corrected chi connectivity index (χ0v) is 21.8. The van der Waals surface area contributed by atoms with Crippen molar-refractivity contribution in [1.82, 2.24) is 4.57 Å². The summed E-state index contributed by atoms with van der Waals surface area (Å²) in [6.45, 7) is 3.59. The lowest BCUT2D eigenvalue weighted by Gasteiger charge is -2.24. The first kappa shape index (κ1) is 25.4. The van der Waals surface area contributed by atoms with E-state index in [2.05, 4.69) is 4.99 Å². The number of allylic oxidation sites excluding steroid dienone is 1. The zero-order chi connectivity index (χ0) is 27.0. The van der Waals surface area contributed by atoms with E-state index in [0.717, 1.165) is 11.3 Å². The number of ether oxygens (including phenoxy) is 1. The second-order valence-electron chi connectivity index (χ2n) is 8.33. The number of aromatic nitrogens is 1. The van der Waals surface area contributed by atoms with E-state index in [1.165, 1.54) is 10.6 Å². The fourth-order valence-corrected chi connectivity index (χ4v) is 5.45. The molecule has 1 aliphatic heterocycles. The molecule has 192 valence electrons. The van der Waals surface area contributed by atoms with Crippen LogP contribution in [0.1, 0.15) is 31.2 Å². The molecule has 0 spiro atoms. The molecule has 9 nitrogen and oxygen atoms in total. The summed E-state index contributed by atoms with van der Waals surface area (Å²) in [4.78, 5) is 42.5. The van der Waals surface area contributed by atoms with E-state index in [1.54, 1.807) is 74.5 Å². The van der Waals surface area contributed by atoms with Gasteiger partial charge in [-0.3, -0.25) is 19.5 Å². The minimum atomic E-state index is -0.760. The van der Waals surface area contributed by atoms with Gasteiger partial charge in [0.2, 0.25) is 0 Å². The summed E-state index contributed by atoms with van der Waals surface area (Å²) in [5.41, 5.74) is 1.27. The fourth-order valence-electron chi connectivity index (χ4n) is 4.30. The number of halogens is 1. The summed E-state index contributed by atoms with van der Waals surface area (Å²) in [6.07, 6.45) is 1.56. The van der Waals surface area contributed by atoms with Crippen molar-refractivity contribution in [2.45, 2.75) is 19.9 Å². The molecule has 2 aromatic carbocycles. The predicted molar refractivity (Wildman–Crippen MR) is 143 cm³/mol. The van der Waals surface area contributed by atoms with Crippen molar-refractivity contribution in [3.63, 3.8) is 0 Å². The summed E-state index contributed by atoms with van der Waals surface area (Å²) in [5.74, 6) is 0.0895. The summed E-state index contributed by atoms with van der Waals surface area (Å²) in [7, 11) is 0. The highest BCUT2D eigenvalue weighted by atomic mass is 35.5. The molecule has 38 heavy (non-hydrogen) atoms. The third kappa shape index (κ3) is 4.59. The van der Waals surface area contributed by atoms with Gasteiger partial charge in [-0.1, -0.05) is 47.2 Å². The number of esters is 1. The van der Waals surface area contributed by atoms with Crippen LogP contribution in [0.2, 0.25) is 5.02 Å². The molecule has 11 heteroatoms. The molecule has 5 rings (SSSR count). The van der Waals surface area contributed by atoms with Crippen molar-refractivity contribution in [1.29, 1.82) is 0 Å². The molecule has 0 bridgehead atoms. The SMILES string of the molecule is CCOC(=O)C1=C(C)N=c2s/c(=C\c3ccc(-c4ccccc4[N+](=O)[O-])o3)c(=O)n2C1c1ccc(Cl)cc1. The number of nitro groups is 1. The average Bonchev–Trinajstić information content (AvgIpc) is 3.48. The minimum absolute atomic E-state index is 0.0855. The minimum Gasteiger partial charge on any atom is -0.463 e. The molecule has 0 saturated carbocycles. The Labute approximate surface area is 224 Å². The fraction of sp³-hybridized carbons (Fsp3) is 0.148. The van der Waals surface area contributed by atoms with E-state index >= 15 is 0 Å². The Morgan fingerprint density at radius 1 is 1.21 bits per heavy atom. The lowest BCUT2D eigenvalue weighted by molar-refractivity contribution is -0.384. The molecular weight excluding hydrogens is 530 g/mol. The molecular formula is C27H20ClN3O6S. The number of nitrogens with zero attached hydrogens (tertiary/aromatic N) is 3. The zero-order valence-electron chi connectivity index (χ0n) is 20.2. The van der Waals surface area contributed by atoms with Gasteiger partial charge in [0.1, 0.15) is 11.5 Å². The summed E-state index contributed by atoms with van der Waals surface area (Å²) >= 11 is 7.24. The molecule has 0 amide bonds. The van der Waals surface area contributed by atoms with Gasteiger partial charge < -0.3 is 9.15 Å². The van der Waals surface area contributed by atoms with E-state index in [0.29, 0.717) is 42.7 Å². The number of thiazole rings is 1. The maximum Gasteiger partial charge on any atom is 0.338 e. The topological polar surface area (TPSA) is 117 Å². The number of hydrogen-bond donors (Lipinski definition) is 0. The summed E-state index contributed by atoms with van der Waals surface area (Å²) in [5, 5.41) is 11.9. The molecule has 0 saturated heterocycles. The lowest BCUT2D eigenvalue weighted by atomic mass is 9.96. The van der Waals surface area contributed by atoms with Crippen LogP contribution in [0.4, 0.5) is 5.69 Å². The molecule has 2 aromatic heterocycles. The number of furan rings is 1. The van der Waals surface area contributed by atoms with Gasteiger partial charge in [0.15, 0.2) is 4.80 Å². The van der Waals surface area contributed by atoms with Crippen LogP contribution in [-0.2, 0) is 9.53 Å². The van der Waals surface area contributed by atoms with Gasteiger partial charge in [-0.05, 0) is 49.7 Å². The molecule has 0 radical (unpaired) electrons. The van der Waals surface area contributed by atoms with Gasteiger partial charge >= 0.3 is 5.97 Å². The van der Waals surface area contributed by atoms with E-state index in [9.17, 15) is 19.7 Å². The predicted octanol–water partition coefficient (Wildman–Crippen LogP) is 4.62. The molecule has 1 atom stereocenters. The quantitative estimate of drug-likeness (QED) is 0.197. The largest absolute Gasteiger partial charge is 0.463 e. The molecule has 0 N–H and O–H groups in total. The van der Waals surface area contributed by atoms with E-state index in [-0.39, 0.29) is 23.4 Å². The van der Waals surface area contributed by atoms with Crippen LogP contribution in [0.3, 0.4) is 0 Å². The van der Waals surface area contributed by atoms with Crippen molar-refractivity contribution in [2.75, 3.05) is 6.61 Å². The van der Waals surface area contributed by atoms with Gasteiger partial charge in [0.05, 0.1) is 38.9 Å².